The third-order valence-electron chi connectivity index (χ3n) is 7.00. The zero-order chi connectivity index (χ0) is 31.1. The first-order chi connectivity index (χ1) is 20.3. The molecule has 22 heteroatoms. The number of aromatic nitrogens is 4. The van der Waals surface area contributed by atoms with Gasteiger partial charge in [0.1, 0.15) is 23.5 Å². The molecule has 2 aromatic heterocycles. The number of hydrogen-bond donors (Lipinski definition) is 7. The van der Waals surface area contributed by atoms with E-state index < -0.39 is 51.5 Å². The number of nitrogens with two attached hydrogens (primary N) is 2. The fraction of sp³-hybridized carbons (Fsp3) is 0.524. The molecule has 1 aliphatic carbocycles. The molecular formula is C21H28N12O8S2. The van der Waals surface area contributed by atoms with Gasteiger partial charge in [0.05, 0.1) is 19.3 Å². The Kier molecular flexibility index (Phi) is 7.93. The number of anilines is 1. The molecule has 3 unspecified atom stereocenters. The summed E-state index contributed by atoms with van der Waals surface area (Å²) in [6.45, 7) is 0.943. The lowest BCUT2D eigenvalue weighted by atomic mass is 9.98. The lowest BCUT2D eigenvalue weighted by Gasteiger charge is -2.43. The Morgan fingerprint density at radius 2 is 2.09 bits per heavy atom. The van der Waals surface area contributed by atoms with Crippen LogP contribution in [0.1, 0.15) is 30.7 Å². The summed E-state index contributed by atoms with van der Waals surface area (Å²) in [6, 6.07) is -2.84. The van der Waals surface area contributed by atoms with Gasteiger partial charge in [-0.25, -0.2) is 14.1 Å². The van der Waals surface area contributed by atoms with Gasteiger partial charge in [-0.2, -0.15) is 23.4 Å². The number of β-lactam (4-membered cyclic amide) rings is 1. The van der Waals surface area contributed by atoms with Gasteiger partial charge in [-0.1, -0.05) is 5.16 Å². The van der Waals surface area contributed by atoms with Crippen molar-refractivity contribution in [1.82, 2.24) is 39.8 Å². The normalized spacial score (nSPS) is 23.1. The van der Waals surface area contributed by atoms with Crippen molar-refractivity contribution in [2.75, 3.05) is 18.8 Å². The van der Waals surface area contributed by atoms with Gasteiger partial charge in [-0.05, 0) is 6.42 Å². The van der Waals surface area contributed by atoms with E-state index in [0.29, 0.717) is 18.8 Å². The van der Waals surface area contributed by atoms with E-state index in [-0.39, 0.29) is 53.1 Å². The standard InChI is InChI=1S/C21H28N12O8S2/c22-10-1-4-31(7-10)19(23)25-5-11-6-26-32(29-11)8-13-15(17(35)33(13)43(38,39)40)28-16(34)14(12-9-42-20(24)27-12)30-41-21(2-3-21)18(36)37/h6,9-10,13,15H,1-5,7-8,22H2,(H2,23,25)(H2,24,27)(H,28,34)(H,36,37)(H,38,39,40)/b30-14-. The second-order valence-corrected chi connectivity index (χ2v) is 12.3. The number of oxime groups is 1. The van der Waals surface area contributed by atoms with Crippen molar-refractivity contribution in [3.05, 3.63) is 23.0 Å². The van der Waals surface area contributed by atoms with E-state index in [2.05, 4.69) is 31.0 Å². The topological polar surface area (TPSA) is 297 Å². The van der Waals surface area contributed by atoms with Crippen LogP contribution >= 0.6 is 11.3 Å². The molecule has 1 saturated carbocycles. The van der Waals surface area contributed by atoms with Crippen molar-refractivity contribution in [2.45, 2.75) is 56.1 Å². The number of likely N-dealkylation sites (tertiary alicyclic amines) is 1. The molecule has 0 spiro atoms. The summed E-state index contributed by atoms with van der Waals surface area (Å²) in [6.07, 6.45) is 2.46. The van der Waals surface area contributed by atoms with Crippen LogP contribution in [0.15, 0.2) is 16.7 Å². The van der Waals surface area contributed by atoms with Crippen molar-refractivity contribution in [3.8, 4) is 0 Å². The SMILES string of the molecule is N=C(NCc1cnn(CC2C(NC(=O)/C(=N\OC3(C(=O)O)CC3)c3csc(N)n3)C(=O)N2S(=O)(=O)O)n1)N1CCC(N)C1. The monoisotopic (exact) mass is 640 g/mol. The number of nitrogens with one attached hydrogen (secondary N) is 3. The Bertz CT molecular complexity index is 1590. The van der Waals surface area contributed by atoms with Gasteiger partial charge in [0.15, 0.2) is 16.8 Å². The van der Waals surface area contributed by atoms with E-state index in [1.807, 2.05) is 0 Å². The Labute approximate surface area is 247 Å². The second kappa shape index (κ2) is 11.3. The molecule has 9 N–H and O–H groups in total. The van der Waals surface area contributed by atoms with Crippen LogP contribution in [0.2, 0.25) is 0 Å². The fourth-order valence-corrected chi connectivity index (χ4v) is 5.91. The van der Waals surface area contributed by atoms with Gasteiger partial charge in [-0.15, -0.1) is 11.3 Å². The number of carbonyl (C=O) groups is 3. The van der Waals surface area contributed by atoms with Crippen molar-refractivity contribution in [1.29, 1.82) is 5.41 Å². The lowest BCUT2D eigenvalue weighted by molar-refractivity contribution is -0.153. The van der Waals surface area contributed by atoms with Crippen molar-refractivity contribution in [2.24, 2.45) is 10.9 Å². The summed E-state index contributed by atoms with van der Waals surface area (Å²) < 4.78 is 33.7. The summed E-state index contributed by atoms with van der Waals surface area (Å²) in [5.74, 6) is -3.30. The van der Waals surface area contributed by atoms with Crippen LogP contribution in [0.5, 0.6) is 0 Å². The second-order valence-electron chi connectivity index (χ2n) is 10.1. The third kappa shape index (κ3) is 6.35. The van der Waals surface area contributed by atoms with Crippen molar-refractivity contribution < 1.29 is 37.3 Å². The molecule has 43 heavy (non-hydrogen) atoms. The number of amides is 2. The van der Waals surface area contributed by atoms with Gasteiger partial charge < -0.3 is 36.9 Å². The first-order valence-electron chi connectivity index (χ1n) is 12.8. The maximum Gasteiger partial charge on any atom is 0.362 e. The van der Waals surface area contributed by atoms with Crippen LogP contribution in [-0.4, -0.2) is 114 Å². The van der Waals surface area contributed by atoms with Gasteiger partial charge in [0.25, 0.3) is 11.8 Å². The Balaban J connectivity index is 1.29. The van der Waals surface area contributed by atoms with Crippen LogP contribution in [0.3, 0.4) is 0 Å². The molecule has 4 heterocycles. The van der Waals surface area contributed by atoms with Gasteiger partial charge in [0, 0.05) is 37.4 Å². The van der Waals surface area contributed by atoms with E-state index >= 15 is 0 Å². The minimum Gasteiger partial charge on any atom is -0.478 e. The minimum atomic E-state index is -5.02. The van der Waals surface area contributed by atoms with E-state index in [4.69, 9.17) is 21.7 Å². The van der Waals surface area contributed by atoms with Crippen LogP contribution < -0.4 is 22.1 Å². The smallest absolute Gasteiger partial charge is 0.362 e. The molecule has 3 fully saturated rings. The van der Waals surface area contributed by atoms with Crippen LogP contribution in [-0.2, 0) is 42.6 Å². The first-order valence-corrected chi connectivity index (χ1v) is 15.1. The lowest BCUT2D eigenvalue weighted by Crippen LogP contribution is -2.73. The number of nitrogens with zero attached hydrogens (tertiary/aromatic N) is 7. The Morgan fingerprint density at radius 1 is 1.35 bits per heavy atom. The predicted octanol–water partition coefficient (Wildman–Crippen LogP) is -3.09. The molecule has 0 bridgehead atoms. The number of guanidine groups is 1. The minimum absolute atomic E-state index is 0.0125. The van der Waals surface area contributed by atoms with Gasteiger partial charge in [-0.3, -0.25) is 19.6 Å². The number of hydrogen-bond acceptors (Lipinski definition) is 14. The maximum atomic E-state index is 13.2. The highest BCUT2D eigenvalue weighted by Gasteiger charge is 2.56. The zero-order valence-corrected chi connectivity index (χ0v) is 23.9. The number of nitrogen functional groups attached to an aromatic ring is 1. The number of aliphatic carboxylic acids is 1. The van der Waals surface area contributed by atoms with Gasteiger partial charge >= 0.3 is 16.3 Å². The summed E-state index contributed by atoms with van der Waals surface area (Å²) in [5, 5.41) is 36.2. The van der Waals surface area contributed by atoms with Crippen LogP contribution in [0.4, 0.5) is 5.13 Å². The molecule has 2 amide bonds. The number of carboxylic acid groups (broad SMARTS) is 1. The molecule has 5 rings (SSSR count). The summed E-state index contributed by atoms with van der Waals surface area (Å²) in [4.78, 5) is 49.4. The van der Waals surface area contributed by atoms with E-state index in [9.17, 15) is 32.5 Å². The van der Waals surface area contributed by atoms with Crippen LogP contribution in [0, 0.1) is 5.41 Å². The van der Waals surface area contributed by atoms with E-state index in [1.165, 1.54) is 11.6 Å². The van der Waals surface area contributed by atoms with E-state index in [0.717, 1.165) is 22.6 Å². The molecule has 3 aliphatic rings. The van der Waals surface area contributed by atoms with E-state index in [1.54, 1.807) is 4.90 Å². The third-order valence-corrected chi connectivity index (χ3v) is 8.62. The van der Waals surface area contributed by atoms with Crippen molar-refractivity contribution in [3.63, 3.8) is 0 Å². The highest BCUT2D eigenvalue weighted by Crippen LogP contribution is 2.40. The molecule has 0 radical (unpaired) electrons. The summed E-state index contributed by atoms with van der Waals surface area (Å²) >= 11 is 0.966. The molecular weight excluding hydrogens is 612 g/mol. The zero-order valence-electron chi connectivity index (χ0n) is 22.3. The molecule has 2 aromatic rings. The summed E-state index contributed by atoms with van der Waals surface area (Å²) in [5.41, 5.74) is 9.77. The maximum absolute atomic E-state index is 13.2. The Hall–Kier alpha value is -4.41. The molecule has 0 aromatic carbocycles. The number of thiazole rings is 1. The largest absolute Gasteiger partial charge is 0.478 e. The van der Waals surface area contributed by atoms with Crippen LogP contribution in [0.25, 0.3) is 0 Å². The molecule has 2 saturated heterocycles. The number of carboxylic acids is 1. The fourth-order valence-electron chi connectivity index (χ4n) is 4.49. The highest BCUT2D eigenvalue weighted by atomic mass is 32.2. The number of carbonyl (C=O) groups excluding carboxylic acids is 2. The van der Waals surface area contributed by atoms with Gasteiger partial charge in [0.2, 0.25) is 5.60 Å². The summed E-state index contributed by atoms with van der Waals surface area (Å²) in [7, 11) is -5.02. The first kappa shape index (κ1) is 30.1. The quantitative estimate of drug-likeness (QED) is 0.0421. The average molecular weight is 641 g/mol. The molecule has 2 aliphatic heterocycles. The Morgan fingerprint density at radius 3 is 2.67 bits per heavy atom. The highest BCUT2D eigenvalue weighted by molar-refractivity contribution is 7.84. The molecule has 20 nitrogen and oxygen atoms in total. The molecule has 232 valence electrons. The average Bonchev–Trinajstić information content (AvgIpc) is 3.21. The number of rotatable bonds is 11. The predicted molar refractivity (Wildman–Crippen MR) is 147 cm³/mol. The van der Waals surface area contributed by atoms with Crippen molar-refractivity contribution >= 4 is 56.2 Å². The molecule has 3 atom stereocenters.